The predicted octanol–water partition coefficient (Wildman–Crippen LogP) is 2.39. The largest absolute Gasteiger partial charge is 0.399 e. The first-order chi connectivity index (χ1) is 8.66. The van der Waals surface area contributed by atoms with Gasteiger partial charge in [-0.05, 0) is 38.5 Å². The number of sulfonamides is 1. The Morgan fingerprint density at radius 2 is 1.79 bits per heavy atom. The number of nitrogens with two attached hydrogens (primary N) is 1. The summed E-state index contributed by atoms with van der Waals surface area (Å²) in [6, 6.07) is 6.89. The number of rotatable bonds is 5. The Morgan fingerprint density at radius 3 is 2.21 bits per heavy atom. The van der Waals surface area contributed by atoms with Crippen molar-refractivity contribution in [2.75, 3.05) is 12.3 Å². The van der Waals surface area contributed by atoms with Gasteiger partial charge in [-0.3, -0.25) is 0 Å². The molecule has 0 aliphatic rings. The number of nitrogens with zero attached hydrogens (tertiary/aromatic N) is 1. The van der Waals surface area contributed by atoms with Gasteiger partial charge in [0.25, 0.3) is 0 Å². The summed E-state index contributed by atoms with van der Waals surface area (Å²) in [7, 11) is -3.39. The van der Waals surface area contributed by atoms with Crippen molar-refractivity contribution in [3.63, 3.8) is 0 Å². The molecule has 1 aromatic carbocycles. The third-order valence-corrected chi connectivity index (χ3v) is 4.77. The standard InChI is InChI=1S/C14H22N2O2S/c1-5-10-16(14(2,3)4)19(17,18)11-12-6-8-13(15)9-7-12/h5-9H,1,10-11,15H2,2-4H3. The van der Waals surface area contributed by atoms with E-state index in [0.717, 1.165) is 5.56 Å². The minimum absolute atomic E-state index is 0.0294. The smallest absolute Gasteiger partial charge is 0.219 e. The second-order valence-electron chi connectivity index (χ2n) is 5.49. The van der Waals surface area contributed by atoms with Crippen molar-refractivity contribution in [3.05, 3.63) is 42.5 Å². The van der Waals surface area contributed by atoms with Crippen molar-refractivity contribution in [1.82, 2.24) is 4.31 Å². The Kier molecular flexibility index (Phi) is 4.76. The molecule has 0 saturated carbocycles. The first-order valence-corrected chi connectivity index (χ1v) is 7.73. The number of nitrogen functional groups attached to an aromatic ring is 1. The molecule has 2 N–H and O–H groups in total. The lowest BCUT2D eigenvalue weighted by Gasteiger charge is -2.33. The van der Waals surface area contributed by atoms with Gasteiger partial charge in [-0.25, -0.2) is 8.42 Å². The minimum Gasteiger partial charge on any atom is -0.399 e. The molecule has 5 heteroatoms. The molecule has 4 nitrogen and oxygen atoms in total. The van der Waals surface area contributed by atoms with Gasteiger partial charge in [0.15, 0.2) is 0 Å². The van der Waals surface area contributed by atoms with E-state index >= 15 is 0 Å². The maximum atomic E-state index is 12.5. The van der Waals surface area contributed by atoms with Gasteiger partial charge in [0, 0.05) is 17.8 Å². The molecular weight excluding hydrogens is 260 g/mol. The van der Waals surface area contributed by atoms with E-state index in [9.17, 15) is 8.42 Å². The van der Waals surface area contributed by atoms with E-state index in [-0.39, 0.29) is 5.75 Å². The molecule has 0 atom stereocenters. The van der Waals surface area contributed by atoms with Crippen LogP contribution in [0.1, 0.15) is 26.3 Å². The third-order valence-electron chi connectivity index (χ3n) is 2.71. The molecule has 0 radical (unpaired) electrons. The maximum absolute atomic E-state index is 12.5. The number of hydrogen-bond acceptors (Lipinski definition) is 3. The zero-order chi connectivity index (χ0) is 14.7. The van der Waals surface area contributed by atoms with Gasteiger partial charge < -0.3 is 5.73 Å². The molecule has 0 fully saturated rings. The van der Waals surface area contributed by atoms with Crippen molar-refractivity contribution in [2.24, 2.45) is 0 Å². The van der Waals surface area contributed by atoms with Crippen molar-refractivity contribution >= 4 is 15.7 Å². The van der Waals surface area contributed by atoms with E-state index in [4.69, 9.17) is 5.73 Å². The van der Waals surface area contributed by atoms with Crippen LogP contribution in [-0.4, -0.2) is 24.8 Å². The zero-order valence-electron chi connectivity index (χ0n) is 11.8. The van der Waals surface area contributed by atoms with Crippen LogP contribution in [0.5, 0.6) is 0 Å². The molecule has 106 valence electrons. The van der Waals surface area contributed by atoms with Gasteiger partial charge in [-0.15, -0.1) is 6.58 Å². The molecule has 0 aliphatic carbocycles. The first kappa shape index (κ1) is 15.7. The van der Waals surface area contributed by atoms with Crippen LogP contribution >= 0.6 is 0 Å². The second-order valence-corrected chi connectivity index (χ2v) is 7.38. The highest BCUT2D eigenvalue weighted by Crippen LogP contribution is 2.21. The molecule has 1 rings (SSSR count). The van der Waals surface area contributed by atoms with Crippen LogP contribution in [0.15, 0.2) is 36.9 Å². The molecular formula is C14H22N2O2S. The summed E-state index contributed by atoms with van der Waals surface area (Å²) in [4.78, 5) is 0. The minimum atomic E-state index is -3.39. The average Bonchev–Trinajstić information content (AvgIpc) is 2.27. The van der Waals surface area contributed by atoms with Crippen LogP contribution in [0.25, 0.3) is 0 Å². The lowest BCUT2D eigenvalue weighted by Crippen LogP contribution is -2.46. The van der Waals surface area contributed by atoms with Gasteiger partial charge in [0.05, 0.1) is 5.75 Å². The van der Waals surface area contributed by atoms with Crippen LogP contribution in [0.4, 0.5) is 5.69 Å². The fraction of sp³-hybridized carbons (Fsp3) is 0.429. The van der Waals surface area contributed by atoms with Crippen molar-refractivity contribution in [2.45, 2.75) is 32.1 Å². The highest BCUT2D eigenvalue weighted by Gasteiger charge is 2.31. The molecule has 0 heterocycles. The highest BCUT2D eigenvalue weighted by molar-refractivity contribution is 7.88. The van der Waals surface area contributed by atoms with Gasteiger partial charge >= 0.3 is 0 Å². The Morgan fingerprint density at radius 1 is 1.26 bits per heavy atom. The lowest BCUT2D eigenvalue weighted by atomic mass is 10.1. The highest BCUT2D eigenvalue weighted by atomic mass is 32.2. The van der Waals surface area contributed by atoms with Crippen LogP contribution in [0.2, 0.25) is 0 Å². The molecule has 19 heavy (non-hydrogen) atoms. The fourth-order valence-corrected chi connectivity index (χ4v) is 3.76. The molecule has 1 aromatic rings. The monoisotopic (exact) mass is 282 g/mol. The van der Waals surface area contributed by atoms with Crippen molar-refractivity contribution < 1.29 is 8.42 Å². The normalized spacial score (nSPS) is 12.6. The molecule has 0 amide bonds. The summed E-state index contributed by atoms with van der Waals surface area (Å²) < 4.78 is 26.4. The molecule has 0 aliphatic heterocycles. The van der Waals surface area contributed by atoms with Crippen molar-refractivity contribution in [3.8, 4) is 0 Å². The van der Waals surface area contributed by atoms with Crippen LogP contribution in [0, 0.1) is 0 Å². The zero-order valence-corrected chi connectivity index (χ0v) is 12.6. The summed E-state index contributed by atoms with van der Waals surface area (Å²) in [5, 5.41) is 0. The molecule has 0 aromatic heterocycles. The van der Waals surface area contributed by atoms with Crippen LogP contribution < -0.4 is 5.73 Å². The Balaban J connectivity index is 3.01. The topological polar surface area (TPSA) is 63.4 Å². The lowest BCUT2D eigenvalue weighted by molar-refractivity contribution is 0.269. The number of hydrogen-bond donors (Lipinski definition) is 1. The predicted molar refractivity (Wildman–Crippen MR) is 80.1 cm³/mol. The van der Waals surface area contributed by atoms with E-state index in [1.165, 1.54) is 4.31 Å². The summed E-state index contributed by atoms with van der Waals surface area (Å²) in [5.41, 5.74) is 6.48. The molecule has 0 spiro atoms. The van der Waals surface area contributed by atoms with Gasteiger partial charge in [0.2, 0.25) is 10.0 Å². The Labute approximate surface area is 116 Å². The molecule has 0 unspecified atom stereocenters. The number of benzene rings is 1. The number of anilines is 1. The van der Waals surface area contributed by atoms with Crippen molar-refractivity contribution in [1.29, 1.82) is 0 Å². The van der Waals surface area contributed by atoms with Gasteiger partial charge in [0.1, 0.15) is 0 Å². The summed E-state index contributed by atoms with van der Waals surface area (Å²) in [6.45, 7) is 9.55. The van der Waals surface area contributed by atoms with E-state index < -0.39 is 15.6 Å². The Hall–Kier alpha value is -1.33. The van der Waals surface area contributed by atoms with E-state index in [0.29, 0.717) is 12.2 Å². The maximum Gasteiger partial charge on any atom is 0.219 e. The van der Waals surface area contributed by atoms with Gasteiger partial charge in [-0.1, -0.05) is 18.2 Å². The van der Waals surface area contributed by atoms with E-state index in [2.05, 4.69) is 6.58 Å². The molecule has 0 saturated heterocycles. The summed E-state index contributed by atoms with van der Waals surface area (Å²) in [5.74, 6) is -0.0294. The first-order valence-electron chi connectivity index (χ1n) is 6.12. The summed E-state index contributed by atoms with van der Waals surface area (Å²) in [6.07, 6.45) is 1.60. The van der Waals surface area contributed by atoms with E-state index in [1.807, 2.05) is 20.8 Å². The quantitative estimate of drug-likeness (QED) is 0.666. The second kappa shape index (κ2) is 5.75. The average molecular weight is 282 g/mol. The molecule has 0 bridgehead atoms. The Bertz CT molecular complexity index is 528. The van der Waals surface area contributed by atoms with E-state index in [1.54, 1.807) is 30.3 Å². The van der Waals surface area contributed by atoms with Crippen LogP contribution in [0.3, 0.4) is 0 Å². The SMILES string of the molecule is C=CCN(C(C)(C)C)S(=O)(=O)Cc1ccc(N)cc1. The summed E-state index contributed by atoms with van der Waals surface area (Å²) >= 11 is 0. The fourth-order valence-electron chi connectivity index (χ4n) is 1.82. The van der Waals surface area contributed by atoms with Gasteiger partial charge in [-0.2, -0.15) is 4.31 Å². The van der Waals surface area contributed by atoms with Crippen LogP contribution in [-0.2, 0) is 15.8 Å². The third kappa shape index (κ3) is 4.36.